The van der Waals surface area contributed by atoms with E-state index in [-0.39, 0.29) is 23.6 Å². The highest BCUT2D eigenvalue weighted by Gasteiger charge is 2.27. The number of carbonyl (C=O) groups excluding carboxylic acids is 1. The third-order valence-corrected chi connectivity index (χ3v) is 4.72. The number of aromatic nitrogens is 2. The molecule has 0 spiro atoms. The lowest BCUT2D eigenvalue weighted by molar-refractivity contribution is 0.0530. The molecule has 1 fully saturated rings. The zero-order chi connectivity index (χ0) is 16.2. The number of nitriles is 1. The second-order valence-electron chi connectivity index (χ2n) is 5.06. The molecule has 8 heteroatoms. The number of hydrogen-bond donors (Lipinski definition) is 0. The molecule has 0 bridgehead atoms. The Kier molecular flexibility index (Phi) is 4.74. The van der Waals surface area contributed by atoms with Crippen molar-refractivity contribution < 1.29 is 9.53 Å². The van der Waals surface area contributed by atoms with Crippen molar-refractivity contribution in [2.75, 3.05) is 13.1 Å². The normalized spacial score (nSPS) is 17.6. The zero-order valence-corrected chi connectivity index (χ0v) is 13.7. The first-order valence-corrected chi connectivity index (χ1v) is 8.29. The summed E-state index contributed by atoms with van der Waals surface area (Å²) in [6.07, 6.45) is 4.36. The number of carbonyl (C=O) groups is 1. The molecule has 3 rings (SSSR count). The number of halogens is 1. The summed E-state index contributed by atoms with van der Waals surface area (Å²) in [5, 5.41) is 9.03. The Balaban J connectivity index is 1.69. The SMILES string of the molecule is N#Cc1nccnc1O[C@H]1CCCN(C(=O)c2ccc(Cl)s2)C1. The van der Waals surface area contributed by atoms with Crippen LogP contribution in [0.15, 0.2) is 24.5 Å². The molecule has 0 unspecified atom stereocenters. The van der Waals surface area contributed by atoms with Gasteiger partial charge in [-0.2, -0.15) is 5.26 Å². The fourth-order valence-corrected chi connectivity index (χ4v) is 3.46. The van der Waals surface area contributed by atoms with Crippen molar-refractivity contribution in [3.8, 4) is 11.9 Å². The molecule has 2 aromatic rings. The molecule has 6 nitrogen and oxygen atoms in total. The fourth-order valence-electron chi connectivity index (χ4n) is 2.45. The Hall–Kier alpha value is -2.17. The average molecular weight is 349 g/mol. The Morgan fingerprint density at radius 2 is 2.26 bits per heavy atom. The van der Waals surface area contributed by atoms with Gasteiger partial charge in [-0.15, -0.1) is 11.3 Å². The molecule has 0 aromatic carbocycles. The monoisotopic (exact) mass is 348 g/mol. The Labute approximate surface area is 142 Å². The quantitative estimate of drug-likeness (QED) is 0.852. The largest absolute Gasteiger partial charge is 0.470 e. The summed E-state index contributed by atoms with van der Waals surface area (Å²) in [5.41, 5.74) is 0.154. The van der Waals surface area contributed by atoms with Gasteiger partial charge in [0.25, 0.3) is 11.8 Å². The molecular weight excluding hydrogens is 336 g/mol. The number of ether oxygens (including phenoxy) is 1. The van der Waals surface area contributed by atoms with Crippen molar-refractivity contribution in [3.63, 3.8) is 0 Å². The highest BCUT2D eigenvalue weighted by atomic mass is 35.5. The Morgan fingerprint density at radius 3 is 3.00 bits per heavy atom. The summed E-state index contributed by atoms with van der Waals surface area (Å²) in [5.74, 6) is 0.170. The molecule has 1 aliphatic rings. The van der Waals surface area contributed by atoms with E-state index in [2.05, 4.69) is 9.97 Å². The number of thiophene rings is 1. The molecule has 0 saturated carbocycles. The maximum absolute atomic E-state index is 12.5. The van der Waals surface area contributed by atoms with Gasteiger partial charge in [-0.1, -0.05) is 11.6 Å². The summed E-state index contributed by atoms with van der Waals surface area (Å²) in [4.78, 5) is 22.8. The van der Waals surface area contributed by atoms with Crippen molar-refractivity contribution in [2.24, 2.45) is 0 Å². The van der Waals surface area contributed by atoms with Crippen molar-refractivity contribution in [3.05, 3.63) is 39.4 Å². The first kappa shape index (κ1) is 15.7. The van der Waals surface area contributed by atoms with Crippen molar-refractivity contribution in [1.29, 1.82) is 5.26 Å². The van der Waals surface area contributed by atoms with Gasteiger partial charge in [0.1, 0.15) is 12.2 Å². The number of piperidine rings is 1. The van der Waals surface area contributed by atoms with Gasteiger partial charge in [-0.3, -0.25) is 4.79 Å². The molecule has 3 heterocycles. The first-order chi connectivity index (χ1) is 11.2. The molecular formula is C15H13ClN4O2S. The second kappa shape index (κ2) is 6.94. The Bertz CT molecular complexity index is 758. The maximum atomic E-state index is 12.5. The van der Waals surface area contributed by atoms with E-state index in [4.69, 9.17) is 21.6 Å². The number of rotatable bonds is 3. The van der Waals surface area contributed by atoms with Gasteiger partial charge in [0.05, 0.1) is 15.8 Å². The standard InChI is InChI=1S/C15H13ClN4O2S/c16-13-4-3-12(23-13)15(21)20-7-1-2-10(9-20)22-14-11(8-17)18-5-6-19-14/h3-6,10H,1-2,7,9H2/t10-/m0/s1. The van der Waals surface area contributed by atoms with Crippen LogP contribution < -0.4 is 4.74 Å². The van der Waals surface area contributed by atoms with Crippen LogP contribution in [0.1, 0.15) is 28.2 Å². The topological polar surface area (TPSA) is 79.1 Å². The van der Waals surface area contributed by atoms with E-state index in [0.29, 0.717) is 22.3 Å². The molecule has 0 aliphatic carbocycles. The van der Waals surface area contributed by atoms with Crippen LogP contribution in [0, 0.1) is 11.3 Å². The molecule has 0 radical (unpaired) electrons. The number of nitrogens with zero attached hydrogens (tertiary/aromatic N) is 4. The third kappa shape index (κ3) is 3.60. The van der Waals surface area contributed by atoms with Gasteiger partial charge in [-0.25, -0.2) is 9.97 Å². The van der Waals surface area contributed by atoms with E-state index in [1.54, 1.807) is 17.0 Å². The van der Waals surface area contributed by atoms with Crippen LogP contribution in [-0.4, -0.2) is 40.0 Å². The highest BCUT2D eigenvalue weighted by Crippen LogP contribution is 2.25. The van der Waals surface area contributed by atoms with Gasteiger partial charge in [-0.05, 0) is 25.0 Å². The van der Waals surface area contributed by atoms with Crippen molar-refractivity contribution in [1.82, 2.24) is 14.9 Å². The van der Waals surface area contributed by atoms with Gasteiger partial charge in [0.2, 0.25) is 5.69 Å². The molecule has 2 aromatic heterocycles. The van der Waals surface area contributed by atoms with Crippen LogP contribution in [0.5, 0.6) is 5.88 Å². The van der Waals surface area contributed by atoms with Gasteiger partial charge in [0, 0.05) is 18.9 Å². The van der Waals surface area contributed by atoms with E-state index in [1.165, 1.54) is 23.7 Å². The molecule has 118 valence electrons. The van der Waals surface area contributed by atoms with E-state index < -0.39 is 0 Å². The van der Waals surface area contributed by atoms with Crippen LogP contribution in [-0.2, 0) is 0 Å². The molecule has 23 heavy (non-hydrogen) atoms. The summed E-state index contributed by atoms with van der Waals surface area (Å²) >= 11 is 7.16. The van der Waals surface area contributed by atoms with Gasteiger partial charge >= 0.3 is 0 Å². The van der Waals surface area contributed by atoms with Crippen LogP contribution in [0.4, 0.5) is 0 Å². The number of likely N-dealkylation sites (tertiary alicyclic amines) is 1. The smallest absolute Gasteiger partial charge is 0.264 e. The molecule has 1 amide bonds. The van der Waals surface area contributed by atoms with Crippen molar-refractivity contribution >= 4 is 28.8 Å². The molecule has 1 saturated heterocycles. The second-order valence-corrected chi connectivity index (χ2v) is 6.77. The number of amides is 1. The minimum Gasteiger partial charge on any atom is -0.470 e. The summed E-state index contributed by atoms with van der Waals surface area (Å²) in [7, 11) is 0. The van der Waals surface area contributed by atoms with E-state index >= 15 is 0 Å². The lowest BCUT2D eigenvalue weighted by Gasteiger charge is -2.32. The lowest BCUT2D eigenvalue weighted by Crippen LogP contribution is -2.44. The third-order valence-electron chi connectivity index (χ3n) is 3.50. The van der Waals surface area contributed by atoms with E-state index in [1.807, 2.05) is 6.07 Å². The van der Waals surface area contributed by atoms with Crippen LogP contribution in [0.25, 0.3) is 0 Å². The minimum absolute atomic E-state index is 0.0464. The van der Waals surface area contributed by atoms with Crippen LogP contribution in [0.2, 0.25) is 4.34 Å². The lowest BCUT2D eigenvalue weighted by atomic mass is 10.1. The molecule has 0 N–H and O–H groups in total. The predicted octanol–water partition coefficient (Wildman–Crippen LogP) is 2.75. The molecule has 1 aliphatic heterocycles. The summed E-state index contributed by atoms with van der Waals surface area (Å²) in [6.45, 7) is 1.13. The highest BCUT2D eigenvalue weighted by molar-refractivity contribution is 7.17. The minimum atomic E-state index is -0.202. The van der Waals surface area contributed by atoms with Crippen LogP contribution >= 0.6 is 22.9 Å². The first-order valence-electron chi connectivity index (χ1n) is 7.09. The van der Waals surface area contributed by atoms with E-state index in [0.717, 1.165) is 12.8 Å². The number of hydrogen-bond acceptors (Lipinski definition) is 6. The molecule has 1 atom stereocenters. The van der Waals surface area contributed by atoms with Gasteiger partial charge < -0.3 is 9.64 Å². The zero-order valence-electron chi connectivity index (χ0n) is 12.1. The van der Waals surface area contributed by atoms with E-state index in [9.17, 15) is 4.79 Å². The van der Waals surface area contributed by atoms with Crippen LogP contribution in [0.3, 0.4) is 0 Å². The Morgan fingerprint density at radius 1 is 1.43 bits per heavy atom. The predicted molar refractivity (Wildman–Crippen MR) is 85.6 cm³/mol. The maximum Gasteiger partial charge on any atom is 0.264 e. The summed E-state index contributed by atoms with van der Waals surface area (Å²) in [6, 6.07) is 5.41. The van der Waals surface area contributed by atoms with Crippen molar-refractivity contribution in [2.45, 2.75) is 18.9 Å². The van der Waals surface area contributed by atoms with Gasteiger partial charge in [0.15, 0.2) is 0 Å². The summed E-state index contributed by atoms with van der Waals surface area (Å²) < 4.78 is 6.38. The fraction of sp³-hybridized carbons (Fsp3) is 0.333. The average Bonchev–Trinajstić information content (AvgIpc) is 3.01.